The van der Waals surface area contributed by atoms with Crippen molar-refractivity contribution in [1.29, 1.82) is 0 Å². The molecule has 154 valence electrons. The number of fused-ring (bicyclic) bond motifs is 1. The van der Waals surface area contributed by atoms with Crippen molar-refractivity contribution in [3.05, 3.63) is 48.0 Å². The van der Waals surface area contributed by atoms with Crippen molar-refractivity contribution in [2.45, 2.75) is 32.2 Å². The van der Waals surface area contributed by atoms with Gasteiger partial charge in [-0.25, -0.2) is 0 Å². The van der Waals surface area contributed by atoms with Crippen LogP contribution in [0, 0.1) is 0 Å². The van der Waals surface area contributed by atoms with Crippen molar-refractivity contribution in [3.63, 3.8) is 0 Å². The zero-order valence-corrected chi connectivity index (χ0v) is 17.0. The predicted octanol–water partition coefficient (Wildman–Crippen LogP) is 3.87. The molecule has 1 fully saturated rings. The lowest BCUT2D eigenvalue weighted by molar-refractivity contribution is -0.117. The summed E-state index contributed by atoms with van der Waals surface area (Å²) >= 11 is 0. The highest BCUT2D eigenvalue weighted by Crippen LogP contribution is 2.32. The highest BCUT2D eigenvalue weighted by atomic mass is 16.7. The summed E-state index contributed by atoms with van der Waals surface area (Å²) in [5, 5.41) is 3.00. The van der Waals surface area contributed by atoms with Gasteiger partial charge in [0.25, 0.3) is 0 Å². The van der Waals surface area contributed by atoms with Gasteiger partial charge in [-0.15, -0.1) is 0 Å². The van der Waals surface area contributed by atoms with Crippen LogP contribution in [0.15, 0.2) is 42.5 Å². The van der Waals surface area contributed by atoms with Crippen molar-refractivity contribution < 1.29 is 14.3 Å². The third-order valence-corrected chi connectivity index (χ3v) is 5.43. The molecule has 1 saturated heterocycles. The van der Waals surface area contributed by atoms with Crippen LogP contribution < -0.4 is 19.7 Å². The Kier molecular flexibility index (Phi) is 6.20. The molecular weight excluding hydrogens is 366 g/mol. The van der Waals surface area contributed by atoms with E-state index in [1.807, 2.05) is 42.3 Å². The summed E-state index contributed by atoms with van der Waals surface area (Å²) in [5.41, 5.74) is 3.17. The lowest BCUT2D eigenvalue weighted by atomic mass is 10.2. The molecule has 0 aromatic heterocycles. The Morgan fingerprint density at radius 3 is 2.48 bits per heavy atom. The monoisotopic (exact) mass is 395 g/mol. The van der Waals surface area contributed by atoms with Crippen LogP contribution in [-0.2, 0) is 11.3 Å². The van der Waals surface area contributed by atoms with E-state index >= 15 is 0 Å². The number of carbonyl (C=O) groups excluding carboxylic acids is 1. The molecule has 0 bridgehead atoms. The van der Waals surface area contributed by atoms with Crippen LogP contribution in [0.25, 0.3) is 0 Å². The quantitative estimate of drug-likeness (QED) is 0.805. The predicted molar refractivity (Wildman–Crippen MR) is 115 cm³/mol. The fourth-order valence-corrected chi connectivity index (χ4v) is 3.94. The molecule has 0 atom stereocenters. The number of likely N-dealkylation sites (N-methyl/N-ethyl adjacent to an activating group) is 1. The van der Waals surface area contributed by atoms with Gasteiger partial charge in [0, 0.05) is 31.0 Å². The van der Waals surface area contributed by atoms with E-state index in [0.717, 1.165) is 35.8 Å². The van der Waals surface area contributed by atoms with Crippen molar-refractivity contribution in [3.8, 4) is 11.5 Å². The van der Waals surface area contributed by atoms with E-state index in [2.05, 4.69) is 22.3 Å². The first-order chi connectivity index (χ1) is 14.2. The van der Waals surface area contributed by atoms with Gasteiger partial charge in [-0.3, -0.25) is 9.69 Å². The van der Waals surface area contributed by atoms with E-state index in [-0.39, 0.29) is 12.7 Å². The van der Waals surface area contributed by atoms with Gasteiger partial charge in [0.15, 0.2) is 11.5 Å². The van der Waals surface area contributed by atoms with E-state index in [1.165, 1.54) is 31.4 Å². The Hall–Kier alpha value is -2.73. The first-order valence-electron chi connectivity index (χ1n) is 10.4. The molecule has 2 aliphatic heterocycles. The summed E-state index contributed by atoms with van der Waals surface area (Å²) in [7, 11) is 1.94. The van der Waals surface area contributed by atoms with E-state index < -0.39 is 0 Å². The van der Waals surface area contributed by atoms with E-state index in [9.17, 15) is 4.79 Å². The van der Waals surface area contributed by atoms with Gasteiger partial charge in [-0.1, -0.05) is 18.9 Å². The summed E-state index contributed by atoms with van der Waals surface area (Å²) in [6.45, 7) is 3.50. The number of amides is 1. The fourth-order valence-electron chi connectivity index (χ4n) is 3.94. The molecule has 0 unspecified atom stereocenters. The minimum absolute atomic E-state index is 0.0178. The summed E-state index contributed by atoms with van der Waals surface area (Å²) in [6, 6.07) is 14.1. The van der Waals surface area contributed by atoms with Crippen molar-refractivity contribution in [2.24, 2.45) is 0 Å². The van der Waals surface area contributed by atoms with Crippen LogP contribution in [0.2, 0.25) is 0 Å². The van der Waals surface area contributed by atoms with Gasteiger partial charge >= 0.3 is 0 Å². The average molecular weight is 396 g/mol. The topological polar surface area (TPSA) is 54.0 Å². The normalized spacial score (nSPS) is 16.0. The fraction of sp³-hybridized carbons (Fsp3) is 0.435. The third-order valence-electron chi connectivity index (χ3n) is 5.43. The van der Waals surface area contributed by atoms with E-state index in [0.29, 0.717) is 13.1 Å². The average Bonchev–Trinajstić information content (AvgIpc) is 3.00. The number of benzene rings is 2. The largest absolute Gasteiger partial charge is 0.454 e. The van der Waals surface area contributed by atoms with E-state index in [1.54, 1.807) is 0 Å². The van der Waals surface area contributed by atoms with Gasteiger partial charge in [0.2, 0.25) is 12.7 Å². The molecule has 2 heterocycles. The molecule has 0 aliphatic carbocycles. The molecule has 0 radical (unpaired) electrons. The van der Waals surface area contributed by atoms with E-state index in [4.69, 9.17) is 9.47 Å². The highest BCUT2D eigenvalue weighted by Gasteiger charge is 2.15. The van der Waals surface area contributed by atoms with Gasteiger partial charge in [0.05, 0.1) is 6.54 Å². The SMILES string of the molecule is CN(CC(=O)Nc1ccc(N2CCCCCC2)cc1)Cc1ccc2c(c1)OCO2. The number of hydrogen-bond donors (Lipinski definition) is 1. The van der Waals surface area contributed by atoms with Gasteiger partial charge in [0.1, 0.15) is 0 Å². The maximum Gasteiger partial charge on any atom is 0.238 e. The van der Waals surface area contributed by atoms with Crippen LogP contribution in [0.3, 0.4) is 0 Å². The Morgan fingerprint density at radius 1 is 1.00 bits per heavy atom. The van der Waals surface area contributed by atoms with Gasteiger partial charge < -0.3 is 19.7 Å². The molecule has 0 spiro atoms. The number of rotatable bonds is 6. The Balaban J connectivity index is 1.27. The maximum atomic E-state index is 12.4. The van der Waals surface area contributed by atoms with Crippen molar-refractivity contribution in [1.82, 2.24) is 4.90 Å². The molecule has 0 saturated carbocycles. The number of anilines is 2. The number of ether oxygens (including phenoxy) is 2. The maximum absolute atomic E-state index is 12.4. The molecule has 4 rings (SSSR count). The summed E-state index contributed by atoms with van der Waals surface area (Å²) < 4.78 is 10.8. The lowest BCUT2D eigenvalue weighted by Gasteiger charge is -2.23. The minimum atomic E-state index is -0.0178. The Labute approximate surface area is 172 Å². The number of nitrogens with zero attached hydrogens (tertiary/aromatic N) is 2. The first-order valence-corrected chi connectivity index (χ1v) is 10.4. The highest BCUT2D eigenvalue weighted by molar-refractivity contribution is 5.92. The standard InChI is InChI=1S/C23H29N3O3/c1-25(15-18-6-11-21-22(14-18)29-17-28-21)16-23(27)24-19-7-9-20(10-8-19)26-12-4-2-3-5-13-26/h6-11,14H,2-5,12-13,15-17H2,1H3,(H,24,27). The minimum Gasteiger partial charge on any atom is -0.454 e. The molecular formula is C23H29N3O3. The molecule has 6 heteroatoms. The molecule has 2 aromatic rings. The van der Waals surface area contributed by atoms with Crippen molar-refractivity contribution >= 4 is 17.3 Å². The molecule has 1 amide bonds. The molecule has 6 nitrogen and oxygen atoms in total. The Morgan fingerprint density at radius 2 is 1.72 bits per heavy atom. The zero-order valence-electron chi connectivity index (χ0n) is 17.0. The molecule has 1 N–H and O–H groups in total. The third kappa shape index (κ3) is 5.21. The molecule has 29 heavy (non-hydrogen) atoms. The van der Waals surface area contributed by atoms with Crippen LogP contribution in [0.1, 0.15) is 31.2 Å². The first kappa shape index (κ1) is 19.6. The van der Waals surface area contributed by atoms with Gasteiger partial charge in [-0.2, -0.15) is 0 Å². The summed E-state index contributed by atoms with van der Waals surface area (Å²) in [4.78, 5) is 16.9. The second-order valence-corrected chi connectivity index (χ2v) is 7.86. The van der Waals surface area contributed by atoms with Crippen LogP contribution in [0.5, 0.6) is 11.5 Å². The van der Waals surface area contributed by atoms with Crippen molar-refractivity contribution in [2.75, 3.05) is 43.7 Å². The van der Waals surface area contributed by atoms with Gasteiger partial charge in [-0.05, 0) is 61.9 Å². The number of carbonyl (C=O) groups is 1. The van der Waals surface area contributed by atoms with Crippen LogP contribution in [-0.4, -0.2) is 44.3 Å². The second kappa shape index (κ2) is 9.18. The second-order valence-electron chi connectivity index (χ2n) is 7.86. The summed E-state index contributed by atoms with van der Waals surface area (Å²) in [6.07, 6.45) is 5.16. The number of hydrogen-bond acceptors (Lipinski definition) is 5. The summed E-state index contributed by atoms with van der Waals surface area (Å²) in [5.74, 6) is 1.53. The Bertz CT molecular complexity index is 830. The molecule has 2 aromatic carbocycles. The molecule has 2 aliphatic rings. The van der Waals surface area contributed by atoms with Crippen LogP contribution in [0.4, 0.5) is 11.4 Å². The smallest absolute Gasteiger partial charge is 0.238 e. The lowest BCUT2D eigenvalue weighted by Crippen LogP contribution is -2.29. The number of nitrogens with one attached hydrogen (secondary N) is 1. The zero-order chi connectivity index (χ0) is 20.1. The van der Waals surface area contributed by atoms with Crippen LogP contribution >= 0.6 is 0 Å².